The van der Waals surface area contributed by atoms with Gasteiger partial charge in [-0.2, -0.15) is 5.10 Å². The van der Waals surface area contributed by atoms with Crippen LogP contribution < -0.4 is 0 Å². The van der Waals surface area contributed by atoms with E-state index in [1.54, 1.807) is 4.68 Å². The van der Waals surface area contributed by atoms with Gasteiger partial charge in [0.1, 0.15) is 5.78 Å². The molecule has 0 spiro atoms. The van der Waals surface area contributed by atoms with Gasteiger partial charge in [-0.3, -0.25) is 9.48 Å². The molecule has 1 saturated carbocycles. The van der Waals surface area contributed by atoms with Crippen LogP contribution in [0.25, 0.3) is 0 Å². The second-order valence-electron chi connectivity index (χ2n) is 5.27. The van der Waals surface area contributed by atoms with Crippen LogP contribution >= 0.6 is 0 Å². The molecule has 0 saturated heterocycles. The normalized spacial score (nSPS) is 24.1. The van der Waals surface area contributed by atoms with Gasteiger partial charge in [0, 0.05) is 25.6 Å². The maximum Gasteiger partial charge on any atom is 0.136 e. The summed E-state index contributed by atoms with van der Waals surface area (Å²) in [6.45, 7) is 2.23. The lowest BCUT2D eigenvalue weighted by molar-refractivity contribution is -0.122. The summed E-state index contributed by atoms with van der Waals surface area (Å²) in [4.78, 5) is 12.1. The van der Waals surface area contributed by atoms with Crippen LogP contribution in [0.2, 0.25) is 0 Å². The fraction of sp³-hybridized carbons (Fsp3) is 0.714. The van der Waals surface area contributed by atoms with Crippen molar-refractivity contribution in [3.63, 3.8) is 0 Å². The van der Waals surface area contributed by atoms with Crippen molar-refractivity contribution in [2.24, 2.45) is 18.9 Å². The minimum Gasteiger partial charge on any atom is -0.299 e. The number of nitrogens with zero attached hydrogens (tertiary/aromatic N) is 2. The van der Waals surface area contributed by atoms with Crippen molar-refractivity contribution in [1.82, 2.24) is 9.78 Å². The van der Waals surface area contributed by atoms with Gasteiger partial charge in [0.25, 0.3) is 0 Å². The van der Waals surface area contributed by atoms with Crippen molar-refractivity contribution in [3.8, 4) is 0 Å². The van der Waals surface area contributed by atoms with Crippen molar-refractivity contribution in [2.45, 2.75) is 45.4 Å². The largest absolute Gasteiger partial charge is 0.299 e. The number of Topliss-reactive ketones (excluding diaryl/α,β-unsaturated/α-hetero) is 1. The minimum atomic E-state index is 0.344. The number of hydrogen-bond donors (Lipinski definition) is 0. The van der Waals surface area contributed by atoms with Gasteiger partial charge in [0.2, 0.25) is 0 Å². The maximum absolute atomic E-state index is 12.1. The van der Waals surface area contributed by atoms with Gasteiger partial charge in [-0.15, -0.1) is 0 Å². The molecule has 17 heavy (non-hydrogen) atoms. The van der Waals surface area contributed by atoms with Crippen LogP contribution in [0.3, 0.4) is 0 Å². The van der Waals surface area contributed by atoms with E-state index in [1.165, 1.54) is 18.4 Å². The van der Waals surface area contributed by atoms with Crippen LogP contribution in [0.15, 0.2) is 12.4 Å². The van der Waals surface area contributed by atoms with E-state index in [-0.39, 0.29) is 0 Å². The van der Waals surface area contributed by atoms with E-state index in [1.807, 2.05) is 19.4 Å². The molecule has 0 radical (unpaired) electrons. The molecule has 0 amide bonds. The molecule has 3 nitrogen and oxygen atoms in total. The van der Waals surface area contributed by atoms with Crippen LogP contribution in [-0.4, -0.2) is 15.6 Å². The van der Waals surface area contributed by atoms with Gasteiger partial charge in [-0.1, -0.05) is 13.3 Å². The molecule has 1 aliphatic carbocycles. The predicted molar refractivity (Wildman–Crippen MR) is 67.7 cm³/mol. The first-order valence-electron chi connectivity index (χ1n) is 6.69. The molecule has 0 N–H and O–H groups in total. The Balaban J connectivity index is 1.78. The Morgan fingerprint density at radius 2 is 2.35 bits per heavy atom. The number of aryl methyl sites for hydroxylation is 2. The number of rotatable bonds is 5. The molecule has 0 aromatic carbocycles. The fourth-order valence-electron chi connectivity index (χ4n) is 2.81. The molecule has 3 heteroatoms. The maximum atomic E-state index is 12.1. The highest BCUT2D eigenvalue weighted by Gasteiger charge is 2.28. The topological polar surface area (TPSA) is 34.9 Å². The summed E-state index contributed by atoms with van der Waals surface area (Å²) in [5.74, 6) is 1.60. The lowest BCUT2D eigenvalue weighted by atomic mass is 9.96. The second kappa shape index (κ2) is 5.48. The number of carbonyl (C=O) groups is 1. The molecule has 2 unspecified atom stereocenters. The number of carbonyl (C=O) groups excluding carboxylic acids is 1. The number of hydrogen-bond acceptors (Lipinski definition) is 2. The van der Waals surface area contributed by atoms with E-state index in [0.717, 1.165) is 25.2 Å². The first kappa shape index (κ1) is 12.3. The van der Waals surface area contributed by atoms with Crippen molar-refractivity contribution in [1.29, 1.82) is 0 Å². The molecule has 1 aliphatic rings. The van der Waals surface area contributed by atoms with E-state index < -0.39 is 0 Å². The minimum absolute atomic E-state index is 0.344. The summed E-state index contributed by atoms with van der Waals surface area (Å²) in [7, 11) is 1.91. The number of aromatic nitrogens is 2. The summed E-state index contributed by atoms with van der Waals surface area (Å²) in [5, 5.41) is 4.12. The van der Waals surface area contributed by atoms with E-state index in [4.69, 9.17) is 0 Å². The van der Waals surface area contributed by atoms with Gasteiger partial charge in [0.15, 0.2) is 0 Å². The average molecular weight is 234 g/mol. The zero-order valence-electron chi connectivity index (χ0n) is 10.9. The molecule has 0 aliphatic heterocycles. The molecule has 1 aromatic heterocycles. The van der Waals surface area contributed by atoms with E-state index in [2.05, 4.69) is 12.0 Å². The van der Waals surface area contributed by atoms with Gasteiger partial charge < -0.3 is 0 Å². The molecule has 0 bridgehead atoms. The molecular weight excluding hydrogens is 212 g/mol. The molecule has 1 heterocycles. The predicted octanol–water partition coefficient (Wildman–Crippen LogP) is 2.75. The summed E-state index contributed by atoms with van der Waals surface area (Å²) < 4.78 is 1.79. The highest BCUT2D eigenvalue weighted by molar-refractivity contribution is 5.81. The standard InChI is InChI=1S/C14H22N2O/c1-3-11-4-6-13(8-11)14(17)7-5-12-9-15-16(2)10-12/h9-11,13H,3-8H2,1-2H3. The van der Waals surface area contributed by atoms with Crippen LogP contribution in [0.1, 0.15) is 44.6 Å². The van der Waals surface area contributed by atoms with Gasteiger partial charge in [0.05, 0.1) is 6.20 Å². The van der Waals surface area contributed by atoms with E-state index >= 15 is 0 Å². The third kappa shape index (κ3) is 3.18. The van der Waals surface area contributed by atoms with Crippen LogP contribution in [0.4, 0.5) is 0 Å². The van der Waals surface area contributed by atoms with Gasteiger partial charge >= 0.3 is 0 Å². The lowest BCUT2D eigenvalue weighted by Crippen LogP contribution is -2.12. The van der Waals surface area contributed by atoms with Crippen molar-refractivity contribution >= 4 is 5.78 Å². The van der Waals surface area contributed by atoms with E-state index in [0.29, 0.717) is 18.1 Å². The third-order valence-corrected chi connectivity index (χ3v) is 3.99. The van der Waals surface area contributed by atoms with Crippen LogP contribution in [0, 0.1) is 11.8 Å². The van der Waals surface area contributed by atoms with Gasteiger partial charge in [-0.05, 0) is 37.2 Å². The second-order valence-corrected chi connectivity index (χ2v) is 5.27. The third-order valence-electron chi connectivity index (χ3n) is 3.99. The van der Waals surface area contributed by atoms with Crippen LogP contribution in [-0.2, 0) is 18.3 Å². The summed E-state index contributed by atoms with van der Waals surface area (Å²) in [5.41, 5.74) is 1.17. The zero-order valence-corrected chi connectivity index (χ0v) is 10.9. The van der Waals surface area contributed by atoms with E-state index in [9.17, 15) is 4.79 Å². The molecule has 2 atom stereocenters. The Morgan fingerprint density at radius 1 is 1.53 bits per heavy atom. The van der Waals surface area contributed by atoms with Gasteiger partial charge in [-0.25, -0.2) is 0 Å². The first-order valence-corrected chi connectivity index (χ1v) is 6.69. The van der Waals surface area contributed by atoms with Crippen molar-refractivity contribution in [2.75, 3.05) is 0 Å². The first-order chi connectivity index (χ1) is 8.19. The average Bonchev–Trinajstić information content (AvgIpc) is 2.94. The zero-order chi connectivity index (χ0) is 12.3. The van der Waals surface area contributed by atoms with Crippen molar-refractivity contribution in [3.05, 3.63) is 18.0 Å². The quantitative estimate of drug-likeness (QED) is 0.785. The highest BCUT2D eigenvalue weighted by atomic mass is 16.1. The Morgan fingerprint density at radius 3 is 2.94 bits per heavy atom. The molecule has 94 valence electrons. The van der Waals surface area contributed by atoms with Crippen molar-refractivity contribution < 1.29 is 4.79 Å². The monoisotopic (exact) mass is 234 g/mol. The molecule has 1 aromatic rings. The molecular formula is C14H22N2O. The number of ketones is 1. The Hall–Kier alpha value is -1.12. The SMILES string of the molecule is CCC1CCC(C(=O)CCc2cnn(C)c2)C1. The summed E-state index contributed by atoms with van der Waals surface area (Å²) in [6.07, 6.45) is 10.1. The lowest BCUT2D eigenvalue weighted by Gasteiger charge is -2.08. The molecule has 2 rings (SSSR count). The summed E-state index contributed by atoms with van der Waals surface area (Å²) in [6, 6.07) is 0. The molecule has 1 fully saturated rings. The highest BCUT2D eigenvalue weighted by Crippen LogP contribution is 2.34. The fourth-order valence-corrected chi connectivity index (χ4v) is 2.81. The Bertz CT molecular complexity index is 383. The Kier molecular flexibility index (Phi) is 3.97. The summed E-state index contributed by atoms with van der Waals surface area (Å²) >= 11 is 0. The van der Waals surface area contributed by atoms with Crippen LogP contribution in [0.5, 0.6) is 0 Å². The smallest absolute Gasteiger partial charge is 0.136 e. The Labute approximate surface area is 103 Å².